The van der Waals surface area contributed by atoms with Gasteiger partial charge in [-0.05, 0) is 44.3 Å². The van der Waals surface area contributed by atoms with Crippen LogP contribution < -0.4 is 10.6 Å². The Morgan fingerprint density at radius 1 is 1.52 bits per heavy atom. The van der Waals surface area contributed by atoms with E-state index in [-0.39, 0.29) is 6.04 Å². The summed E-state index contributed by atoms with van der Waals surface area (Å²) >= 11 is 5.46. The molecule has 5 nitrogen and oxygen atoms in total. The molecule has 2 rings (SSSR count). The Morgan fingerprint density at radius 2 is 2.29 bits per heavy atom. The zero-order valence-electron chi connectivity index (χ0n) is 12.1. The predicted octanol–water partition coefficient (Wildman–Crippen LogP) is 2.44. The Bertz CT molecular complexity index is 644. The van der Waals surface area contributed by atoms with Crippen molar-refractivity contribution in [2.24, 2.45) is 4.99 Å². The summed E-state index contributed by atoms with van der Waals surface area (Å²) in [6.07, 6.45) is 0. The molecule has 0 saturated carbocycles. The molecule has 0 aromatic heterocycles. The van der Waals surface area contributed by atoms with Crippen LogP contribution in [0.5, 0.6) is 0 Å². The number of benzene rings is 1. The molecule has 6 heteroatoms. The van der Waals surface area contributed by atoms with E-state index in [4.69, 9.17) is 17.5 Å². The lowest BCUT2D eigenvalue weighted by Crippen LogP contribution is -2.47. The van der Waals surface area contributed by atoms with E-state index in [1.54, 1.807) is 12.1 Å². The molecular weight excluding hydrogens is 282 g/mol. The maximum atomic E-state index is 8.93. The summed E-state index contributed by atoms with van der Waals surface area (Å²) in [6, 6.07) is 9.48. The van der Waals surface area contributed by atoms with Crippen LogP contribution in [0.25, 0.3) is 0 Å². The number of nitriles is 1. The normalized spacial score (nSPS) is 16.9. The van der Waals surface area contributed by atoms with E-state index in [9.17, 15) is 0 Å². The lowest BCUT2D eigenvalue weighted by atomic mass is 10.2. The van der Waals surface area contributed by atoms with Crippen LogP contribution in [0.1, 0.15) is 19.4 Å². The Labute approximate surface area is 130 Å². The van der Waals surface area contributed by atoms with Crippen LogP contribution in [-0.4, -0.2) is 28.6 Å². The summed E-state index contributed by atoms with van der Waals surface area (Å²) in [5.41, 5.74) is 2.18. The van der Waals surface area contributed by atoms with Crippen molar-refractivity contribution in [2.45, 2.75) is 19.9 Å². The third kappa shape index (κ3) is 3.58. The summed E-state index contributed by atoms with van der Waals surface area (Å²) in [4.78, 5) is 6.35. The number of rotatable bonds is 2. The largest absolute Gasteiger partial charge is 0.332 e. The molecule has 0 fully saturated rings. The van der Waals surface area contributed by atoms with Crippen molar-refractivity contribution in [3.05, 3.63) is 42.1 Å². The molecule has 0 spiro atoms. The van der Waals surface area contributed by atoms with E-state index in [0.717, 1.165) is 11.4 Å². The van der Waals surface area contributed by atoms with Crippen LogP contribution in [0, 0.1) is 11.3 Å². The fourth-order valence-corrected chi connectivity index (χ4v) is 2.41. The first kappa shape index (κ1) is 15.0. The Balaban J connectivity index is 2.13. The predicted molar refractivity (Wildman–Crippen MR) is 88.9 cm³/mol. The minimum atomic E-state index is 0.172. The SMILES string of the molecule is C=C(C)NC1=NCC(C)N1C(=S)Nc1cccc(C#N)c1. The summed E-state index contributed by atoms with van der Waals surface area (Å²) in [6.45, 7) is 8.43. The van der Waals surface area contributed by atoms with Gasteiger partial charge < -0.3 is 10.6 Å². The third-order valence-electron chi connectivity index (χ3n) is 2.96. The van der Waals surface area contributed by atoms with E-state index >= 15 is 0 Å². The average molecular weight is 299 g/mol. The monoisotopic (exact) mass is 299 g/mol. The molecule has 1 aliphatic rings. The maximum Gasteiger partial charge on any atom is 0.204 e. The molecule has 0 bridgehead atoms. The van der Waals surface area contributed by atoms with E-state index in [1.165, 1.54) is 0 Å². The second-order valence-electron chi connectivity index (χ2n) is 4.91. The average Bonchev–Trinajstić information content (AvgIpc) is 2.79. The first-order chi connectivity index (χ1) is 10.0. The molecular formula is C15H17N5S. The Kier molecular flexibility index (Phi) is 4.55. The highest BCUT2D eigenvalue weighted by Crippen LogP contribution is 2.15. The summed E-state index contributed by atoms with van der Waals surface area (Å²) < 4.78 is 0. The van der Waals surface area contributed by atoms with Gasteiger partial charge in [0.2, 0.25) is 5.96 Å². The number of thiocarbonyl (C=S) groups is 1. The number of hydrogen-bond donors (Lipinski definition) is 2. The van der Waals surface area contributed by atoms with Gasteiger partial charge in [-0.25, -0.2) is 0 Å². The van der Waals surface area contributed by atoms with Gasteiger partial charge in [0.05, 0.1) is 24.2 Å². The second kappa shape index (κ2) is 6.37. The van der Waals surface area contributed by atoms with Crippen LogP contribution in [0.2, 0.25) is 0 Å². The molecule has 0 radical (unpaired) electrons. The molecule has 108 valence electrons. The number of hydrogen-bond acceptors (Lipinski definition) is 4. The lowest BCUT2D eigenvalue weighted by molar-refractivity contribution is 0.511. The summed E-state index contributed by atoms with van der Waals surface area (Å²) in [5.74, 6) is 0.698. The third-order valence-corrected chi connectivity index (χ3v) is 3.26. The van der Waals surface area contributed by atoms with Gasteiger partial charge in [-0.2, -0.15) is 5.26 Å². The topological polar surface area (TPSA) is 63.5 Å². The molecule has 1 aromatic rings. The van der Waals surface area contributed by atoms with Gasteiger partial charge >= 0.3 is 0 Å². The van der Waals surface area contributed by atoms with Gasteiger partial charge in [-0.15, -0.1) is 0 Å². The van der Waals surface area contributed by atoms with Crippen LogP contribution in [0.3, 0.4) is 0 Å². The molecule has 21 heavy (non-hydrogen) atoms. The van der Waals surface area contributed by atoms with Crippen molar-refractivity contribution in [3.63, 3.8) is 0 Å². The molecule has 0 amide bonds. The molecule has 0 saturated heterocycles. The highest BCUT2D eigenvalue weighted by Gasteiger charge is 2.27. The minimum Gasteiger partial charge on any atom is -0.332 e. The van der Waals surface area contributed by atoms with E-state index in [0.29, 0.717) is 23.2 Å². The molecule has 1 aliphatic heterocycles. The zero-order valence-corrected chi connectivity index (χ0v) is 12.9. The first-order valence-electron chi connectivity index (χ1n) is 6.58. The van der Waals surface area contributed by atoms with Crippen LogP contribution in [-0.2, 0) is 0 Å². The van der Waals surface area contributed by atoms with Gasteiger partial charge in [0.1, 0.15) is 0 Å². The zero-order chi connectivity index (χ0) is 15.4. The fraction of sp³-hybridized carbons (Fsp3) is 0.267. The van der Waals surface area contributed by atoms with E-state index in [2.05, 4.69) is 35.2 Å². The van der Waals surface area contributed by atoms with Gasteiger partial charge in [-0.3, -0.25) is 9.89 Å². The molecule has 1 heterocycles. The van der Waals surface area contributed by atoms with Crippen molar-refractivity contribution in [2.75, 3.05) is 11.9 Å². The van der Waals surface area contributed by atoms with Crippen LogP contribution in [0.15, 0.2) is 41.5 Å². The highest BCUT2D eigenvalue weighted by atomic mass is 32.1. The molecule has 1 atom stereocenters. The smallest absolute Gasteiger partial charge is 0.204 e. The number of anilines is 1. The minimum absolute atomic E-state index is 0.172. The van der Waals surface area contributed by atoms with Crippen LogP contribution >= 0.6 is 12.2 Å². The van der Waals surface area contributed by atoms with Gasteiger partial charge in [0.25, 0.3) is 0 Å². The molecule has 1 aromatic carbocycles. The number of nitrogens with one attached hydrogen (secondary N) is 2. The van der Waals surface area contributed by atoms with Gasteiger partial charge in [0.15, 0.2) is 5.11 Å². The summed E-state index contributed by atoms with van der Waals surface area (Å²) in [7, 11) is 0. The van der Waals surface area contributed by atoms with Gasteiger partial charge in [0, 0.05) is 11.4 Å². The van der Waals surface area contributed by atoms with E-state index in [1.807, 2.05) is 24.0 Å². The Hall–Kier alpha value is -2.39. The van der Waals surface area contributed by atoms with Crippen molar-refractivity contribution in [3.8, 4) is 6.07 Å². The second-order valence-corrected chi connectivity index (χ2v) is 5.30. The standard InChI is InChI=1S/C15H17N5S/c1-10(2)18-14-17-9-11(3)20(14)15(21)19-13-6-4-5-12(7-13)8-16/h4-7,11H,1,9H2,2-3H3,(H,17,18)(H,19,21). The number of allylic oxidation sites excluding steroid dienone is 1. The first-order valence-corrected chi connectivity index (χ1v) is 6.99. The maximum absolute atomic E-state index is 8.93. The van der Waals surface area contributed by atoms with Crippen molar-refractivity contribution < 1.29 is 0 Å². The van der Waals surface area contributed by atoms with E-state index < -0.39 is 0 Å². The number of nitrogens with zero attached hydrogens (tertiary/aromatic N) is 3. The van der Waals surface area contributed by atoms with Crippen molar-refractivity contribution >= 4 is 29.0 Å². The molecule has 0 aliphatic carbocycles. The molecule has 1 unspecified atom stereocenters. The molecule has 2 N–H and O–H groups in total. The van der Waals surface area contributed by atoms with Gasteiger partial charge in [-0.1, -0.05) is 12.6 Å². The highest BCUT2D eigenvalue weighted by molar-refractivity contribution is 7.80. The van der Waals surface area contributed by atoms with Crippen molar-refractivity contribution in [1.29, 1.82) is 5.26 Å². The van der Waals surface area contributed by atoms with Crippen LogP contribution in [0.4, 0.5) is 5.69 Å². The Morgan fingerprint density at radius 3 is 2.95 bits per heavy atom. The fourth-order valence-electron chi connectivity index (χ4n) is 2.02. The number of guanidine groups is 1. The van der Waals surface area contributed by atoms with Crippen molar-refractivity contribution in [1.82, 2.24) is 10.2 Å². The summed E-state index contributed by atoms with van der Waals surface area (Å²) in [5, 5.41) is 15.7. The number of aliphatic imine (C=N–C) groups is 1. The quantitative estimate of drug-likeness (QED) is 0.821. The lowest BCUT2D eigenvalue weighted by Gasteiger charge is -2.26.